The quantitative estimate of drug-likeness (QED) is 0.873. The maximum Gasteiger partial charge on any atom is 0.290 e. The van der Waals surface area contributed by atoms with E-state index in [1.807, 2.05) is 30.3 Å². The molecule has 25 heavy (non-hydrogen) atoms. The van der Waals surface area contributed by atoms with Gasteiger partial charge in [0.05, 0.1) is 12.7 Å². The summed E-state index contributed by atoms with van der Waals surface area (Å²) in [5, 5.41) is 3.07. The lowest BCUT2D eigenvalue weighted by Gasteiger charge is -2.47. The zero-order chi connectivity index (χ0) is 17.2. The third-order valence-electron chi connectivity index (χ3n) is 4.95. The number of rotatable bonds is 6. The van der Waals surface area contributed by atoms with Crippen LogP contribution in [0.2, 0.25) is 0 Å². The number of amides is 1. The first-order valence-corrected chi connectivity index (χ1v) is 8.50. The fourth-order valence-corrected chi connectivity index (χ4v) is 3.76. The van der Waals surface area contributed by atoms with Crippen LogP contribution < -0.4 is 10.1 Å². The molecule has 1 aromatic carbocycles. The van der Waals surface area contributed by atoms with Gasteiger partial charge in [0.25, 0.3) is 11.9 Å². The summed E-state index contributed by atoms with van der Waals surface area (Å²) in [6.07, 6.45) is 1.16. The van der Waals surface area contributed by atoms with Crippen molar-refractivity contribution < 1.29 is 23.4 Å². The molecule has 6 heteroatoms. The molecule has 4 rings (SSSR count). The number of hydrogen-bond acceptors (Lipinski definition) is 5. The maximum absolute atomic E-state index is 12.5. The Morgan fingerprint density at radius 3 is 2.88 bits per heavy atom. The van der Waals surface area contributed by atoms with Crippen LogP contribution in [0.1, 0.15) is 17.0 Å². The Morgan fingerprint density at radius 2 is 2.08 bits per heavy atom. The lowest BCUT2D eigenvalue weighted by Crippen LogP contribution is -2.62. The molecule has 0 unspecified atom stereocenters. The SMILES string of the molecule is COC[C@H]1[C@H](NC(=O)c2ccc(Oc3ccccc3)o2)[C@H]2CCO[C@H]21. The molecule has 2 aromatic rings. The van der Waals surface area contributed by atoms with Crippen molar-refractivity contribution in [3.63, 3.8) is 0 Å². The van der Waals surface area contributed by atoms with E-state index in [4.69, 9.17) is 18.6 Å². The van der Waals surface area contributed by atoms with Gasteiger partial charge in [-0.15, -0.1) is 0 Å². The predicted molar refractivity (Wildman–Crippen MR) is 89.7 cm³/mol. The van der Waals surface area contributed by atoms with Crippen LogP contribution in [-0.2, 0) is 9.47 Å². The van der Waals surface area contributed by atoms with E-state index in [0.717, 1.165) is 13.0 Å². The van der Waals surface area contributed by atoms with Gasteiger partial charge in [-0.25, -0.2) is 0 Å². The number of benzene rings is 1. The Balaban J connectivity index is 1.40. The number of furan rings is 1. The topological polar surface area (TPSA) is 69.9 Å². The smallest absolute Gasteiger partial charge is 0.290 e. The second-order valence-corrected chi connectivity index (χ2v) is 6.44. The molecular weight excluding hydrogens is 322 g/mol. The number of methoxy groups -OCH3 is 1. The van der Waals surface area contributed by atoms with Gasteiger partial charge in [-0.3, -0.25) is 4.79 Å². The first-order valence-electron chi connectivity index (χ1n) is 8.50. The summed E-state index contributed by atoms with van der Waals surface area (Å²) in [5.74, 6) is 1.51. The number of carbonyl (C=O) groups excluding carboxylic acids is 1. The van der Waals surface area contributed by atoms with Crippen LogP contribution in [0.5, 0.6) is 11.7 Å². The minimum Gasteiger partial charge on any atom is -0.426 e. The molecule has 2 heterocycles. The molecule has 2 fully saturated rings. The number of ether oxygens (including phenoxy) is 3. The highest BCUT2D eigenvalue weighted by Gasteiger charge is 2.54. The fraction of sp³-hybridized carbons (Fsp3) is 0.421. The average molecular weight is 343 g/mol. The summed E-state index contributed by atoms with van der Waals surface area (Å²) in [6, 6.07) is 12.6. The summed E-state index contributed by atoms with van der Waals surface area (Å²) in [7, 11) is 1.67. The highest BCUT2D eigenvalue weighted by atomic mass is 16.6. The Bertz CT molecular complexity index is 728. The molecule has 0 radical (unpaired) electrons. The van der Waals surface area contributed by atoms with Crippen molar-refractivity contribution >= 4 is 5.91 Å². The zero-order valence-electron chi connectivity index (χ0n) is 14.0. The molecule has 1 saturated heterocycles. The van der Waals surface area contributed by atoms with E-state index in [0.29, 0.717) is 24.2 Å². The monoisotopic (exact) mass is 343 g/mol. The first kappa shape index (κ1) is 16.2. The summed E-state index contributed by atoms with van der Waals surface area (Å²) < 4.78 is 22.1. The van der Waals surface area contributed by atoms with E-state index in [-0.39, 0.29) is 29.7 Å². The van der Waals surface area contributed by atoms with E-state index < -0.39 is 0 Å². The van der Waals surface area contributed by atoms with Gasteiger partial charge in [0.1, 0.15) is 5.75 Å². The average Bonchev–Trinajstić information content (AvgIpc) is 3.26. The number of nitrogens with one attached hydrogen (secondary N) is 1. The maximum atomic E-state index is 12.5. The summed E-state index contributed by atoms with van der Waals surface area (Å²) in [5.41, 5.74) is 0. The zero-order valence-corrected chi connectivity index (χ0v) is 14.0. The highest BCUT2D eigenvalue weighted by molar-refractivity contribution is 5.92. The van der Waals surface area contributed by atoms with Crippen molar-refractivity contribution in [1.82, 2.24) is 5.32 Å². The second kappa shape index (κ2) is 6.90. The van der Waals surface area contributed by atoms with Gasteiger partial charge >= 0.3 is 0 Å². The van der Waals surface area contributed by atoms with Crippen molar-refractivity contribution in [1.29, 1.82) is 0 Å². The Kier molecular flexibility index (Phi) is 4.46. The van der Waals surface area contributed by atoms with Gasteiger partial charge in [0.2, 0.25) is 0 Å². The third kappa shape index (κ3) is 3.15. The number of hydrogen-bond donors (Lipinski definition) is 1. The summed E-state index contributed by atoms with van der Waals surface area (Å²) >= 11 is 0. The standard InChI is InChI=1S/C19H21NO5/c1-22-11-14-17(13-9-10-23-18(13)14)20-19(21)15-7-8-16(25-15)24-12-5-3-2-4-6-12/h2-8,13-14,17-18H,9-11H2,1H3,(H,20,21)/t13-,14+,17-,18-/m1/s1. The highest BCUT2D eigenvalue weighted by Crippen LogP contribution is 2.43. The van der Waals surface area contributed by atoms with Crippen LogP contribution in [-0.4, -0.2) is 38.4 Å². The molecule has 1 N–H and O–H groups in total. The van der Waals surface area contributed by atoms with Gasteiger partial charge in [0.15, 0.2) is 5.76 Å². The summed E-state index contributed by atoms with van der Waals surface area (Å²) in [4.78, 5) is 12.5. The number of fused-ring (bicyclic) bond motifs is 1. The van der Waals surface area contributed by atoms with Gasteiger partial charge in [-0.1, -0.05) is 18.2 Å². The molecule has 1 saturated carbocycles. The second-order valence-electron chi connectivity index (χ2n) is 6.44. The van der Waals surface area contributed by atoms with Gasteiger partial charge in [-0.2, -0.15) is 0 Å². The van der Waals surface area contributed by atoms with Crippen LogP contribution in [0.4, 0.5) is 0 Å². The van der Waals surface area contributed by atoms with Crippen molar-refractivity contribution in [2.45, 2.75) is 18.6 Å². The molecular formula is C19H21NO5. The molecule has 1 aromatic heterocycles. The van der Waals surface area contributed by atoms with Crippen LogP contribution >= 0.6 is 0 Å². The van der Waals surface area contributed by atoms with E-state index in [1.165, 1.54) is 0 Å². The van der Waals surface area contributed by atoms with E-state index in [1.54, 1.807) is 19.2 Å². The lowest BCUT2D eigenvalue weighted by molar-refractivity contribution is -0.0811. The van der Waals surface area contributed by atoms with Crippen molar-refractivity contribution in [3.8, 4) is 11.7 Å². The number of carbonyl (C=O) groups is 1. The third-order valence-corrected chi connectivity index (χ3v) is 4.95. The van der Waals surface area contributed by atoms with Gasteiger partial charge < -0.3 is 23.9 Å². The van der Waals surface area contributed by atoms with Crippen LogP contribution in [0.3, 0.4) is 0 Å². The molecule has 1 amide bonds. The van der Waals surface area contributed by atoms with E-state index in [2.05, 4.69) is 5.32 Å². The molecule has 132 valence electrons. The van der Waals surface area contributed by atoms with E-state index in [9.17, 15) is 4.79 Å². The lowest BCUT2D eigenvalue weighted by atomic mass is 9.67. The molecule has 0 spiro atoms. The fourth-order valence-electron chi connectivity index (χ4n) is 3.76. The Hall–Kier alpha value is -2.31. The van der Waals surface area contributed by atoms with Crippen LogP contribution in [0, 0.1) is 11.8 Å². The molecule has 0 bridgehead atoms. The molecule has 4 atom stereocenters. The normalized spacial score (nSPS) is 27.4. The van der Waals surface area contributed by atoms with Gasteiger partial charge in [0, 0.05) is 37.7 Å². The minimum absolute atomic E-state index is 0.0588. The van der Waals surface area contributed by atoms with Crippen molar-refractivity contribution in [3.05, 3.63) is 48.2 Å². The van der Waals surface area contributed by atoms with E-state index >= 15 is 0 Å². The molecule has 1 aliphatic heterocycles. The van der Waals surface area contributed by atoms with Crippen molar-refractivity contribution in [2.24, 2.45) is 11.8 Å². The first-order chi connectivity index (χ1) is 12.3. The van der Waals surface area contributed by atoms with Crippen molar-refractivity contribution in [2.75, 3.05) is 20.3 Å². The number of para-hydroxylation sites is 1. The largest absolute Gasteiger partial charge is 0.426 e. The van der Waals surface area contributed by atoms with Gasteiger partial charge in [-0.05, 0) is 24.6 Å². The Labute approximate surface area is 146 Å². The summed E-state index contributed by atoms with van der Waals surface area (Å²) in [6.45, 7) is 1.32. The predicted octanol–water partition coefficient (Wildman–Crippen LogP) is 2.85. The van der Waals surface area contributed by atoms with Crippen LogP contribution in [0.25, 0.3) is 0 Å². The van der Waals surface area contributed by atoms with Crippen LogP contribution in [0.15, 0.2) is 46.9 Å². The minimum atomic E-state index is -0.237. The molecule has 2 aliphatic rings. The Morgan fingerprint density at radius 1 is 1.24 bits per heavy atom. The molecule has 6 nitrogen and oxygen atoms in total. The molecule has 1 aliphatic carbocycles.